The number of benzene rings is 2. The van der Waals surface area contributed by atoms with Gasteiger partial charge in [-0.2, -0.15) is 13.2 Å². The first-order valence-corrected chi connectivity index (χ1v) is 5.64. The highest BCUT2D eigenvalue weighted by molar-refractivity contribution is 6.67. The van der Waals surface area contributed by atoms with E-state index < -0.39 is 11.3 Å². The highest BCUT2D eigenvalue weighted by atomic mass is 35.5. The molecule has 2 aromatic rings. The quantitative estimate of drug-likeness (QED) is 0.630. The van der Waals surface area contributed by atoms with Crippen LogP contribution in [-0.2, 0) is 0 Å². The zero-order chi connectivity index (χ0) is 13.3. The largest absolute Gasteiger partial charge is 0.444 e. The topological polar surface area (TPSA) is 12.4 Å². The van der Waals surface area contributed by atoms with E-state index in [1.54, 1.807) is 30.3 Å². The lowest BCUT2D eigenvalue weighted by atomic mass is 10.1. The maximum Gasteiger partial charge on any atom is 0.444 e. The third-order valence-electron chi connectivity index (χ3n) is 2.28. The predicted octanol–water partition coefficient (Wildman–Crippen LogP) is 5.32. The van der Waals surface area contributed by atoms with Crippen molar-refractivity contribution in [2.24, 2.45) is 4.99 Å². The molecule has 0 bridgehead atoms. The molecule has 0 spiro atoms. The molecule has 0 aliphatic carbocycles. The van der Waals surface area contributed by atoms with Gasteiger partial charge in [0.2, 0.25) is 5.17 Å². The van der Waals surface area contributed by atoms with Gasteiger partial charge in [0, 0.05) is 5.39 Å². The Morgan fingerprint density at radius 2 is 1.67 bits per heavy atom. The fraction of sp³-hybridized carbons (Fsp3) is 0.0833. The third kappa shape index (κ3) is 2.60. The van der Waals surface area contributed by atoms with Crippen LogP contribution in [0.15, 0.2) is 41.4 Å². The van der Waals surface area contributed by atoms with Crippen molar-refractivity contribution in [1.29, 1.82) is 0 Å². The van der Waals surface area contributed by atoms with Crippen LogP contribution in [0, 0.1) is 0 Å². The average molecular weight is 292 g/mol. The van der Waals surface area contributed by atoms with Crippen molar-refractivity contribution >= 4 is 44.8 Å². The first-order chi connectivity index (χ1) is 8.39. The number of aliphatic imine (C=N–C) groups is 1. The maximum atomic E-state index is 12.3. The van der Waals surface area contributed by atoms with E-state index in [-0.39, 0.29) is 5.69 Å². The summed E-state index contributed by atoms with van der Waals surface area (Å²) in [7, 11) is 0. The van der Waals surface area contributed by atoms with Crippen molar-refractivity contribution in [1.82, 2.24) is 0 Å². The Morgan fingerprint density at radius 1 is 1.06 bits per heavy atom. The summed E-state index contributed by atoms with van der Waals surface area (Å²) < 4.78 is 37.0. The minimum absolute atomic E-state index is 0.0976. The molecule has 6 heteroatoms. The lowest BCUT2D eigenvalue weighted by molar-refractivity contribution is -0.0558. The van der Waals surface area contributed by atoms with E-state index in [0.29, 0.717) is 15.8 Å². The molecular formula is C12H6Cl2F3N. The first kappa shape index (κ1) is 13.2. The molecule has 18 heavy (non-hydrogen) atoms. The van der Waals surface area contributed by atoms with Crippen LogP contribution in [0.4, 0.5) is 18.9 Å². The Hall–Kier alpha value is -1.26. The molecule has 94 valence electrons. The molecule has 0 unspecified atom stereocenters. The molecule has 0 saturated carbocycles. The second kappa shape index (κ2) is 4.78. The molecule has 0 aliphatic heterocycles. The highest BCUT2D eigenvalue weighted by Crippen LogP contribution is 2.34. The number of rotatable bonds is 1. The van der Waals surface area contributed by atoms with Crippen LogP contribution < -0.4 is 0 Å². The van der Waals surface area contributed by atoms with Crippen molar-refractivity contribution in [2.45, 2.75) is 6.18 Å². The highest BCUT2D eigenvalue weighted by Gasteiger charge is 2.34. The van der Waals surface area contributed by atoms with Crippen LogP contribution in [0.3, 0.4) is 0 Å². The van der Waals surface area contributed by atoms with Crippen LogP contribution in [0.25, 0.3) is 10.8 Å². The summed E-state index contributed by atoms with van der Waals surface area (Å²) in [6.45, 7) is 0. The zero-order valence-corrected chi connectivity index (χ0v) is 10.3. The van der Waals surface area contributed by atoms with Crippen LogP contribution in [-0.4, -0.2) is 11.3 Å². The van der Waals surface area contributed by atoms with Crippen molar-refractivity contribution in [3.63, 3.8) is 0 Å². The number of fused-ring (bicyclic) bond motifs is 1. The van der Waals surface area contributed by atoms with Gasteiger partial charge in [-0.25, -0.2) is 4.99 Å². The molecule has 2 rings (SSSR count). The van der Waals surface area contributed by atoms with Crippen molar-refractivity contribution in [2.75, 3.05) is 0 Å². The van der Waals surface area contributed by atoms with E-state index >= 15 is 0 Å². The zero-order valence-electron chi connectivity index (χ0n) is 8.80. The minimum Gasteiger partial charge on any atom is -0.232 e. The van der Waals surface area contributed by atoms with Crippen molar-refractivity contribution < 1.29 is 13.2 Å². The van der Waals surface area contributed by atoms with Crippen LogP contribution in [0.2, 0.25) is 5.02 Å². The van der Waals surface area contributed by atoms with Crippen LogP contribution >= 0.6 is 23.2 Å². The van der Waals surface area contributed by atoms with E-state index in [4.69, 9.17) is 23.2 Å². The Kier molecular flexibility index (Phi) is 3.50. The van der Waals surface area contributed by atoms with Gasteiger partial charge in [0.15, 0.2) is 0 Å². The number of nitrogens with zero attached hydrogens (tertiary/aromatic N) is 1. The molecule has 0 radical (unpaired) electrons. The smallest absolute Gasteiger partial charge is 0.232 e. The molecule has 0 N–H and O–H groups in total. The Morgan fingerprint density at radius 3 is 2.28 bits per heavy atom. The van der Waals surface area contributed by atoms with Gasteiger partial charge < -0.3 is 0 Å². The molecule has 0 amide bonds. The normalized spacial score (nSPS) is 13.1. The summed E-state index contributed by atoms with van der Waals surface area (Å²) in [6.07, 6.45) is -4.66. The summed E-state index contributed by atoms with van der Waals surface area (Å²) in [5.41, 5.74) is 0.0976. The second-order valence-electron chi connectivity index (χ2n) is 3.52. The molecule has 0 fully saturated rings. The number of alkyl halides is 3. The summed E-state index contributed by atoms with van der Waals surface area (Å²) >= 11 is 11.1. The summed E-state index contributed by atoms with van der Waals surface area (Å²) in [6, 6.07) is 9.80. The number of hydrogen-bond donors (Lipinski definition) is 0. The van der Waals surface area contributed by atoms with E-state index in [1.165, 1.54) is 6.07 Å². The fourth-order valence-corrected chi connectivity index (χ4v) is 1.91. The van der Waals surface area contributed by atoms with E-state index in [2.05, 4.69) is 4.99 Å². The van der Waals surface area contributed by atoms with Gasteiger partial charge >= 0.3 is 6.18 Å². The molecule has 2 aromatic carbocycles. The van der Waals surface area contributed by atoms with Gasteiger partial charge in [0.05, 0.1) is 10.7 Å². The summed E-state index contributed by atoms with van der Waals surface area (Å²) in [4.78, 5) is 3.39. The molecule has 0 aliphatic rings. The van der Waals surface area contributed by atoms with E-state index in [0.717, 1.165) is 0 Å². The van der Waals surface area contributed by atoms with Crippen molar-refractivity contribution in [3.05, 3.63) is 41.4 Å². The molecule has 0 saturated heterocycles. The molecule has 0 atom stereocenters. The van der Waals surface area contributed by atoms with Gasteiger partial charge in [0.25, 0.3) is 0 Å². The lowest BCUT2D eigenvalue weighted by Gasteiger charge is -2.06. The maximum absolute atomic E-state index is 12.3. The second-order valence-corrected chi connectivity index (χ2v) is 4.28. The monoisotopic (exact) mass is 291 g/mol. The van der Waals surface area contributed by atoms with Crippen LogP contribution in [0.5, 0.6) is 0 Å². The number of halogens is 5. The Balaban J connectivity index is 2.66. The average Bonchev–Trinajstić information content (AvgIpc) is 2.28. The first-order valence-electron chi connectivity index (χ1n) is 4.88. The SMILES string of the molecule is FC(F)(F)C(Cl)=Nc1cccc2cccc(Cl)c12. The molecule has 0 heterocycles. The summed E-state index contributed by atoms with van der Waals surface area (Å²) in [5, 5.41) is 0.0628. The van der Waals surface area contributed by atoms with Crippen molar-refractivity contribution in [3.8, 4) is 0 Å². The Bertz CT molecular complexity index is 615. The van der Waals surface area contributed by atoms with Gasteiger partial charge in [-0.15, -0.1) is 0 Å². The van der Waals surface area contributed by atoms with E-state index in [9.17, 15) is 13.2 Å². The van der Waals surface area contributed by atoms with Gasteiger partial charge in [-0.3, -0.25) is 0 Å². The fourth-order valence-electron chi connectivity index (χ4n) is 1.54. The number of hydrogen-bond acceptors (Lipinski definition) is 1. The van der Waals surface area contributed by atoms with E-state index in [1.807, 2.05) is 0 Å². The van der Waals surface area contributed by atoms with Gasteiger partial charge in [0.1, 0.15) is 0 Å². The van der Waals surface area contributed by atoms with Gasteiger partial charge in [-0.05, 0) is 17.5 Å². The standard InChI is InChI=1S/C12H6Cl2F3N/c13-8-5-1-3-7-4-2-6-9(10(7)8)18-11(14)12(15,16)17/h1-6H. The third-order valence-corrected chi connectivity index (χ3v) is 2.90. The van der Waals surface area contributed by atoms with Crippen LogP contribution in [0.1, 0.15) is 0 Å². The van der Waals surface area contributed by atoms with Gasteiger partial charge in [-0.1, -0.05) is 47.5 Å². The summed E-state index contributed by atoms with van der Waals surface area (Å²) in [5.74, 6) is 0. The Labute approximate surface area is 111 Å². The molecule has 0 aromatic heterocycles. The molecule has 1 nitrogen and oxygen atoms in total. The predicted molar refractivity (Wildman–Crippen MR) is 68.0 cm³/mol. The lowest BCUT2D eigenvalue weighted by Crippen LogP contribution is -2.16. The molecular weight excluding hydrogens is 286 g/mol. The minimum atomic E-state index is -4.66.